The molecule has 0 bridgehead atoms. The van der Waals surface area contributed by atoms with Crippen LogP contribution in [-0.4, -0.2) is 24.9 Å². The molecule has 0 aromatic heterocycles. The number of hydrogen-bond acceptors (Lipinski definition) is 3. The third-order valence-electron chi connectivity index (χ3n) is 5.18. The first kappa shape index (κ1) is 17.9. The summed E-state index contributed by atoms with van der Waals surface area (Å²) < 4.78 is 0. The molecule has 2 fully saturated rings. The molecule has 2 unspecified atom stereocenters. The molecule has 1 aliphatic carbocycles. The highest BCUT2D eigenvalue weighted by molar-refractivity contribution is 6.30. The number of hydrogen-bond donors (Lipinski definition) is 2. The lowest BCUT2D eigenvalue weighted by Gasteiger charge is -2.17. The van der Waals surface area contributed by atoms with E-state index in [0.717, 1.165) is 18.8 Å². The van der Waals surface area contributed by atoms with E-state index in [0.29, 0.717) is 17.1 Å². The first-order chi connectivity index (χ1) is 13.1. The first-order valence-electron chi connectivity index (χ1n) is 9.32. The van der Waals surface area contributed by atoms with Crippen LogP contribution in [0.4, 0.5) is 17.1 Å². The molecule has 5 nitrogen and oxygen atoms in total. The summed E-state index contributed by atoms with van der Waals surface area (Å²) in [5, 5.41) is 6.38. The van der Waals surface area contributed by atoms with Gasteiger partial charge in [0.25, 0.3) is 0 Å². The van der Waals surface area contributed by atoms with Crippen LogP contribution in [0.25, 0.3) is 0 Å². The average molecular weight is 384 g/mol. The highest BCUT2D eigenvalue weighted by atomic mass is 35.5. The van der Waals surface area contributed by atoms with Crippen molar-refractivity contribution in [1.29, 1.82) is 0 Å². The quantitative estimate of drug-likeness (QED) is 0.815. The number of nitrogens with zero attached hydrogens (tertiary/aromatic N) is 1. The van der Waals surface area contributed by atoms with Gasteiger partial charge in [-0.05, 0) is 67.8 Å². The molecule has 2 amide bonds. The summed E-state index contributed by atoms with van der Waals surface area (Å²) >= 11 is 5.84. The molecular weight excluding hydrogens is 362 g/mol. The lowest BCUT2D eigenvalue weighted by atomic mass is 10.2. The van der Waals surface area contributed by atoms with Crippen LogP contribution in [0.3, 0.4) is 0 Å². The zero-order chi connectivity index (χ0) is 18.8. The second-order valence-electron chi connectivity index (χ2n) is 7.18. The summed E-state index contributed by atoms with van der Waals surface area (Å²) in [6, 6.07) is 14.9. The van der Waals surface area contributed by atoms with E-state index in [-0.39, 0.29) is 23.7 Å². The number of rotatable bonds is 5. The highest BCUT2D eigenvalue weighted by Crippen LogP contribution is 2.40. The van der Waals surface area contributed by atoms with Crippen LogP contribution in [0.5, 0.6) is 0 Å². The number of halogens is 1. The van der Waals surface area contributed by atoms with Crippen LogP contribution in [0.15, 0.2) is 48.5 Å². The van der Waals surface area contributed by atoms with E-state index < -0.39 is 0 Å². The van der Waals surface area contributed by atoms with Crippen LogP contribution >= 0.6 is 11.6 Å². The standard InChI is InChI=1S/C21H22ClN3O2/c22-14-3-5-15(6-4-14)23-20(26)18-13-19(18)21(27)24-16-7-9-17(10-8-16)25-11-1-2-12-25/h3-10,18-19H,1-2,11-13H2,(H,23,26)(H,24,27). The summed E-state index contributed by atoms with van der Waals surface area (Å²) in [7, 11) is 0. The van der Waals surface area contributed by atoms with Gasteiger partial charge in [-0.2, -0.15) is 0 Å². The molecule has 27 heavy (non-hydrogen) atoms. The molecule has 2 aliphatic rings. The van der Waals surface area contributed by atoms with Crippen LogP contribution in [0, 0.1) is 11.8 Å². The molecule has 2 aromatic carbocycles. The number of carbonyl (C=O) groups is 2. The van der Waals surface area contributed by atoms with E-state index in [1.807, 2.05) is 24.3 Å². The molecule has 2 aromatic rings. The van der Waals surface area contributed by atoms with Gasteiger partial charge in [-0.3, -0.25) is 9.59 Å². The lowest BCUT2D eigenvalue weighted by Crippen LogP contribution is -2.20. The molecule has 1 heterocycles. The molecule has 0 spiro atoms. The predicted molar refractivity (Wildman–Crippen MR) is 108 cm³/mol. The fraction of sp³-hybridized carbons (Fsp3) is 0.333. The molecule has 1 saturated carbocycles. The van der Waals surface area contributed by atoms with Crippen molar-refractivity contribution in [3.05, 3.63) is 53.6 Å². The third-order valence-corrected chi connectivity index (χ3v) is 5.43. The minimum atomic E-state index is -0.274. The molecule has 0 radical (unpaired) electrons. The van der Waals surface area contributed by atoms with Gasteiger partial charge in [0.15, 0.2) is 0 Å². The monoisotopic (exact) mass is 383 g/mol. The van der Waals surface area contributed by atoms with Gasteiger partial charge in [0.1, 0.15) is 0 Å². The number of nitrogens with one attached hydrogen (secondary N) is 2. The maximum atomic E-state index is 12.4. The van der Waals surface area contributed by atoms with Gasteiger partial charge in [-0.15, -0.1) is 0 Å². The molecule has 6 heteroatoms. The number of amides is 2. The number of anilines is 3. The van der Waals surface area contributed by atoms with Crippen LogP contribution in [-0.2, 0) is 9.59 Å². The number of carbonyl (C=O) groups excluding carboxylic acids is 2. The van der Waals surface area contributed by atoms with Crippen molar-refractivity contribution in [3.8, 4) is 0 Å². The van der Waals surface area contributed by atoms with Gasteiger partial charge in [-0.25, -0.2) is 0 Å². The van der Waals surface area contributed by atoms with Gasteiger partial charge < -0.3 is 15.5 Å². The molecule has 140 valence electrons. The Hall–Kier alpha value is -2.53. The molecule has 4 rings (SSSR count). The van der Waals surface area contributed by atoms with E-state index in [4.69, 9.17) is 11.6 Å². The van der Waals surface area contributed by atoms with Crippen molar-refractivity contribution in [1.82, 2.24) is 0 Å². The van der Waals surface area contributed by atoms with Gasteiger partial charge in [0.05, 0.1) is 11.8 Å². The van der Waals surface area contributed by atoms with Crippen molar-refractivity contribution in [2.24, 2.45) is 11.8 Å². The molecular formula is C21H22ClN3O2. The van der Waals surface area contributed by atoms with E-state index in [9.17, 15) is 9.59 Å². The Bertz CT molecular complexity index is 830. The summed E-state index contributed by atoms with van der Waals surface area (Å²) in [4.78, 5) is 27.0. The van der Waals surface area contributed by atoms with E-state index in [2.05, 4.69) is 15.5 Å². The Morgan fingerprint density at radius 2 is 1.30 bits per heavy atom. The minimum Gasteiger partial charge on any atom is -0.372 e. The first-order valence-corrected chi connectivity index (χ1v) is 9.70. The van der Waals surface area contributed by atoms with Crippen LogP contribution in [0.1, 0.15) is 19.3 Å². The SMILES string of the molecule is O=C(Nc1ccc(Cl)cc1)C1CC1C(=O)Nc1ccc(N2CCCC2)cc1. The zero-order valence-corrected chi connectivity index (χ0v) is 15.7. The van der Waals surface area contributed by atoms with Crippen molar-refractivity contribution in [2.75, 3.05) is 28.6 Å². The van der Waals surface area contributed by atoms with Crippen molar-refractivity contribution < 1.29 is 9.59 Å². The Morgan fingerprint density at radius 3 is 1.81 bits per heavy atom. The number of benzene rings is 2. The van der Waals surface area contributed by atoms with Gasteiger partial charge >= 0.3 is 0 Å². The van der Waals surface area contributed by atoms with Crippen molar-refractivity contribution in [3.63, 3.8) is 0 Å². The Morgan fingerprint density at radius 1 is 0.815 bits per heavy atom. The zero-order valence-electron chi connectivity index (χ0n) is 15.0. The summed E-state index contributed by atoms with van der Waals surface area (Å²) in [6.07, 6.45) is 3.05. The Balaban J connectivity index is 1.29. The minimum absolute atomic E-state index is 0.0971. The van der Waals surface area contributed by atoms with Gasteiger partial charge in [0, 0.05) is 35.2 Å². The highest BCUT2D eigenvalue weighted by Gasteiger charge is 2.48. The largest absolute Gasteiger partial charge is 0.372 e. The van der Waals surface area contributed by atoms with Gasteiger partial charge in [0.2, 0.25) is 11.8 Å². The van der Waals surface area contributed by atoms with Crippen LogP contribution in [0.2, 0.25) is 5.02 Å². The Kier molecular flexibility index (Phi) is 5.03. The maximum absolute atomic E-state index is 12.4. The van der Waals surface area contributed by atoms with E-state index in [1.165, 1.54) is 18.5 Å². The molecule has 2 N–H and O–H groups in total. The lowest BCUT2D eigenvalue weighted by molar-refractivity contribution is -0.122. The smallest absolute Gasteiger partial charge is 0.228 e. The van der Waals surface area contributed by atoms with E-state index >= 15 is 0 Å². The maximum Gasteiger partial charge on any atom is 0.228 e. The molecule has 2 atom stereocenters. The summed E-state index contributed by atoms with van der Waals surface area (Å²) in [5.74, 6) is -0.762. The predicted octanol–water partition coefficient (Wildman–Crippen LogP) is 4.15. The second-order valence-corrected chi connectivity index (χ2v) is 7.61. The van der Waals surface area contributed by atoms with Gasteiger partial charge in [-0.1, -0.05) is 11.6 Å². The normalized spacial score (nSPS) is 21.0. The Labute approximate surface area is 163 Å². The van der Waals surface area contributed by atoms with E-state index in [1.54, 1.807) is 24.3 Å². The third kappa shape index (κ3) is 4.25. The van der Waals surface area contributed by atoms with Crippen molar-refractivity contribution in [2.45, 2.75) is 19.3 Å². The fourth-order valence-corrected chi connectivity index (χ4v) is 3.63. The average Bonchev–Trinajstić information content (AvgIpc) is 3.30. The summed E-state index contributed by atoms with van der Waals surface area (Å²) in [5.41, 5.74) is 2.65. The fourth-order valence-electron chi connectivity index (χ4n) is 3.51. The molecule has 1 saturated heterocycles. The molecule has 1 aliphatic heterocycles. The van der Waals surface area contributed by atoms with Crippen LogP contribution < -0.4 is 15.5 Å². The second kappa shape index (κ2) is 7.61. The topological polar surface area (TPSA) is 61.4 Å². The van der Waals surface area contributed by atoms with Crippen molar-refractivity contribution >= 4 is 40.5 Å². The summed E-state index contributed by atoms with van der Waals surface area (Å²) in [6.45, 7) is 2.19.